The van der Waals surface area contributed by atoms with Gasteiger partial charge >= 0.3 is 6.03 Å². The minimum Gasteiger partial charge on any atom is -0.369 e. The van der Waals surface area contributed by atoms with Crippen molar-refractivity contribution in [3.8, 4) is 6.07 Å². The van der Waals surface area contributed by atoms with Gasteiger partial charge in [-0.25, -0.2) is 23.0 Å². The van der Waals surface area contributed by atoms with Gasteiger partial charge < -0.3 is 15.0 Å². The molecule has 3 heterocycles. The van der Waals surface area contributed by atoms with E-state index in [9.17, 15) is 22.8 Å². The molecule has 10 nitrogen and oxygen atoms in total. The Hall–Kier alpha value is -3.92. The zero-order valence-electron chi connectivity index (χ0n) is 19.0. The number of benzene rings is 1. The van der Waals surface area contributed by atoms with Crippen LogP contribution in [0.1, 0.15) is 34.2 Å². The smallest absolute Gasteiger partial charge is 0.322 e. The zero-order valence-corrected chi connectivity index (χ0v) is 19.0. The van der Waals surface area contributed by atoms with Crippen molar-refractivity contribution in [3.63, 3.8) is 0 Å². The Balaban J connectivity index is 1.55. The van der Waals surface area contributed by atoms with Gasteiger partial charge in [-0.3, -0.25) is 9.48 Å². The molecule has 13 heteroatoms. The van der Waals surface area contributed by atoms with E-state index >= 15 is 0 Å². The predicted octanol–water partition coefficient (Wildman–Crippen LogP) is 2.60. The largest absolute Gasteiger partial charge is 0.369 e. The highest BCUT2D eigenvalue weighted by atomic mass is 19.3. The van der Waals surface area contributed by atoms with Crippen molar-refractivity contribution < 1.29 is 27.5 Å². The lowest BCUT2D eigenvalue weighted by molar-refractivity contribution is 0.0316. The lowest BCUT2D eigenvalue weighted by Crippen LogP contribution is -2.45. The molecule has 2 aromatic rings. The fourth-order valence-electron chi connectivity index (χ4n) is 4.06. The molecular formula is C22H22F3N7O3. The van der Waals surface area contributed by atoms with Gasteiger partial charge in [0.1, 0.15) is 24.2 Å². The molecule has 4 rings (SSSR count). The first kappa shape index (κ1) is 24.2. The van der Waals surface area contributed by atoms with Crippen LogP contribution >= 0.6 is 0 Å². The number of carbonyl (C=O) groups excluding carboxylic acids is 2. The molecule has 2 aliphatic heterocycles. The van der Waals surface area contributed by atoms with E-state index in [1.54, 1.807) is 6.07 Å². The van der Waals surface area contributed by atoms with E-state index in [1.807, 2.05) is 6.92 Å². The van der Waals surface area contributed by atoms with Crippen molar-refractivity contribution in [1.29, 1.82) is 5.26 Å². The number of anilines is 1. The number of hydrogen-bond acceptors (Lipinski definition) is 6. The molecule has 2 aliphatic rings. The third kappa shape index (κ3) is 4.97. The van der Waals surface area contributed by atoms with E-state index in [0.29, 0.717) is 23.4 Å². The second kappa shape index (κ2) is 9.75. The number of fused-ring (bicyclic) bond motifs is 3. The van der Waals surface area contributed by atoms with Gasteiger partial charge in [-0.2, -0.15) is 15.5 Å². The average Bonchev–Trinajstić information content (AvgIpc) is 3.09. The van der Waals surface area contributed by atoms with Crippen LogP contribution in [0.5, 0.6) is 0 Å². The zero-order chi connectivity index (χ0) is 25.3. The second-order valence-electron chi connectivity index (χ2n) is 8.25. The average molecular weight is 489 g/mol. The van der Waals surface area contributed by atoms with E-state index in [0.717, 1.165) is 11.1 Å². The topological polar surface area (TPSA) is 116 Å². The van der Waals surface area contributed by atoms with Crippen LogP contribution < -0.4 is 5.32 Å². The molecular weight excluding hydrogens is 467 g/mol. The molecule has 184 valence electrons. The number of alkyl halides is 2. The summed E-state index contributed by atoms with van der Waals surface area (Å²) in [5.41, 5.74) is 1.90. The Morgan fingerprint density at radius 2 is 2.14 bits per heavy atom. The lowest BCUT2D eigenvalue weighted by atomic mass is 9.99. The maximum atomic E-state index is 13.6. The van der Waals surface area contributed by atoms with E-state index < -0.39 is 30.8 Å². The quantitative estimate of drug-likeness (QED) is 0.693. The van der Waals surface area contributed by atoms with Crippen molar-refractivity contribution in [2.45, 2.75) is 38.9 Å². The molecule has 0 aliphatic carbocycles. The molecule has 0 radical (unpaired) electrons. The Morgan fingerprint density at radius 1 is 1.37 bits per heavy atom. The molecule has 1 aromatic carbocycles. The standard InChI is InChI=1S/C22H22F3N7O3/c1-12-5-18-16(9-31(12)22(34)27-14-3-4-17(23)13(6-14)7-26)20-21(33)30(2)28-15(8-32(20)29-18)10-35-11-19(24)25/h3-4,6,12,19H,5,8-11H2,1-2H3,(H,27,34)/t12-/m1/s1. The van der Waals surface area contributed by atoms with Gasteiger partial charge in [-0.05, 0) is 25.1 Å². The van der Waals surface area contributed by atoms with E-state index in [1.165, 1.54) is 28.8 Å². The van der Waals surface area contributed by atoms with Gasteiger partial charge in [0.2, 0.25) is 0 Å². The third-order valence-electron chi connectivity index (χ3n) is 5.71. The summed E-state index contributed by atoms with van der Waals surface area (Å²) in [5, 5.41) is 21.5. The highest BCUT2D eigenvalue weighted by Crippen LogP contribution is 2.28. The number of nitrogens with zero attached hydrogens (tertiary/aromatic N) is 6. The fourth-order valence-corrected chi connectivity index (χ4v) is 4.06. The summed E-state index contributed by atoms with van der Waals surface area (Å²) in [7, 11) is 1.45. The van der Waals surface area contributed by atoms with Gasteiger partial charge in [0, 0.05) is 30.8 Å². The number of ether oxygens (including phenoxy) is 1. The maximum absolute atomic E-state index is 13.6. The number of rotatable bonds is 5. The van der Waals surface area contributed by atoms with Crippen LogP contribution in [0.3, 0.4) is 0 Å². The molecule has 0 unspecified atom stereocenters. The molecule has 1 N–H and O–H groups in total. The van der Waals surface area contributed by atoms with Crippen molar-refractivity contribution >= 4 is 23.3 Å². The second-order valence-corrected chi connectivity index (χ2v) is 8.25. The normalized spacial score (nSPS) is 17.5. The number of nitrogens with one attached hydrogen (secondary N) is 1. The molecule has 0 spiro atoms. The number of halogens is 3. The minimum absolute atomic E-state index is 0.0781. The Labute approximate surface area is 198 Å². The van der Waals surface area contributed by atoms with Crippen LogP contribution in [-0.4, -0.2) is 70.1 Å². The number of urea groups is 1. The molecule has 3 amide bonds. The first-order valence-electron chi connectivity index (χ1n) is 10.7. The first-order valence-corrected chi connectivity index (χ1v) is 10.7. The lowest BCUT2D eigenvalue weighted by Gasteiger charge is -2.33. The summed E-state index contributed by atoms with van der Waals surface area (Å²) in [6.45, 7) is 1.07. The molecule has 35 heavy (non-hydrogen) atoms. The van der Waals surface area contributed by atoms with Gasteiger partial charge in [-0.1, -0.05) is 0 Å². The summed E-state index contributed by atoms with van der Waals surface area (Å²) < 4.78 is 44.9. The van der Waals surface area contributed by atoms with Crippen LogP contribution in [0.25, 0.3) is 0 Å². The van der Waals surface area contributed by atoms with Crippen molar-refractivity contribution in [2.75, 3.05) is 25.6 Å². The first-order chi connectivity index (χ1) is 16.7. The minimum atomic E-state index is -2.62. The Bertz CT molecular complexity index is 1240. The van der Waals surface area contributed by atoms with Crippen LogP contribution in [0.2, 0.25) is 0 Å². The third-order valence-corrected chi connectivity index (χ3v) is 5.71. The van der Waals surface area contributed by atoms with Crippen LogP contribution in [0.4, 0.5) is 23.7 Å². The van der Waals surface area contributed by atoms with Gasteiger partial charge in [-0.15, -0.1) is 0 Å². The molecule has 1 aromatic heterocycles. The van der Waals surface area contributed by atoms with Crippen molar-refractivity contribution in [2.24, 2.45) is 5.10 Å². The highest BCUT2D eigenvalue weighted by Gasteiger charge is 2.36. The number of hydrazone groups is 1. The SMILES string of the molecule is C[C@@H]1Cc2nn3c(c2CN1C(=O)Nc1ccc(F)c(C#N)c1)C(=O)N(C)N=C(COCC(F)F)C3. The number of hydrogen-bond donors (Lipinski definition) is 1. The molecule has 0 saturated carbocycles. The number of carbonyl (C=O) groups is 2. The molecule has 1 atom stereocenters. The summed E-state index contributed by atoms with van der Waals surface area (Å²) in [6, 6.07) is 4.67. The van der Waals surface area contributed by atoms with Crippen LogP contribution in [0, 0.1) is 17.1 Å². The number of nitriles is 1. The van der Waals surface area contributed by atoms with E-state index in [-0.39, 0.29) is 42.7 Å². The summed E-state index contributed by atoms with van der Waals surface area (Å²) in [4.78, 5) is 27.6. The molecule has 0 bridgehead atoms. The maximum Gasteiger partial charge on any atom is 0.322 e. The number of aromatic nitrogens is 2. The summed E-state index contributed by atoms with van der Waals surface area (Å²) in [6.07, 6.45) is -2.24. The van der Waals surface area contributed by atoms with Gasteiger partial charge in [0.15, 0.2) is 0 Å². The van der Waals surface area contributed by atoms with E-state index in [4.69, 9.17) is 10.00 Å². The van der Waals surface area contributed by atoms with E-state index in [2.05, 4.69) is 15.5 Å². The molecule has 0 fully saturated rings. The predicted molar refractivity (Wildman–Crippen MR) is 117 cm³/mol. The Morgan fingerprint density at radius 3 is 2.86 bits per heavy atom. The van der Waals surface area contributed by atoms with Crippen LogP contribution in [-0.2, 0) is 24.2 Å². The van der Waals surface area contributed by atoms with Gasteiger partial charge in [0.25, 0.3) is 12.3 Å². The fraction of sp³-hybridized carbons (Fsp3) is 0.409. The van der Waals surface area contributed by atoms with Crippen LogP contribution in [0.15, 0.2) is 23.3 Å². The summed E-state index contributed by atoms with van der Waals surface area (Å²) >= 11 is 0. The molecule has 0 saturated heterocycles. The Kier molecular flexibility index (Phi) is 6.74. The van der Waals surface area contributed by atoms with Crippen molar-refractivity contribution in [1.82, 2.24) is 19.7 Å². The number of amides is 3. The monoisotopic (exact) mass is 489 g/mol. The summed E-state index contributed by atoms with van der Waals surface area (Å²) in [5.74, 6) is -1.14. The van der Waals surface area contributed by atoms with Gasteiger partial charge in [0.05, 0.1) is 36.7 Å². The highest BCUT2D eigenvalue weighted by molar-refractivity contribution is 5.98. The van der Waals surface area contributed by atoms with Crippen molar-refractivity contribution in [3.05, 3.63) is 46.5 Å².